The monoisotopic (exact) mass is 540 g/mol. The molecule has 2 aliphatic rings. The Balaban J connectivity index is 0.000000406. The predicted molar refractivity (Wildman–Crippen MR) is 126 cm³/mol. The van der Waals surface area contributed by atoms with Crippen LogP contribution in [0.25, 0.3) is 6.08 Å². The van der Waals surface area contributed by atoms with Gasteiger partial charge in [-0.3, -0.25) is 9.69 Å². The molecule has 2 aliphatic heterocycles. The zero-order valence-electron chi connectivity index (χ0n) is 18.5. The Morgan fingerprint density at radius 3 is 2.44 bits per heavy atom. The number of anilines is 1. The largest absolute Gasteiger partial charge is 0.493 e. The van der Waals surface area contributed by atoms with E-state index < -0.39 is 12.1 Å². The van der Waals surface area contributed by atoms with Crippen LogP contribution in [-0.4, -0.2) is 41.7 Å². The molecule has 2 bridgehead atoms. The van der Waals surface area contributed by atoms with Crippen LogP contribution in [0.1, 0.15) is 48.5 Å². The molecule has 4 rings (SSSR count). The van der Waals surface area contributed by atoms with Crippen molar-refractivity contribution in [2.75, 3.05) is 19.0 Å². The Kier molecular flexibility index (Phi) is 8.04. The second-order valence-corrected chi connectivity index (χ2v) is 8.77. The first-order chi connectivity index (χ1) is 16.0. The number of carbonyl (C=O) groups excluding carboxylic acids is 1. The fraction of sp³-hybridized carbons (Fsp3) is 0.333. The second-order valence-electron chi connectivity index (χ2n) is 7.86. The summed E-state index contributed by atoms with van der Waals surface area (Å²) in [6.07, 6.45) is 0.690. The molecule has 1 saturated heterocycles. The summed E-state index contributed by atoms with van der Waals surface area (Å²) in [5, 5.41) is 10.1. The van der Waals surface area contributed by atoms with E-state index >= 15 is 0 Å². The highest BCUT2D eigenvalue weighted by Crippen LogP contribution is 2.52. The number of nitrogens with zero attached hydrogens (tertiary/aromatic N) is 1. The number of hydrogen-bond donors (Lipinski definition) is 2. The van der Waals surface area contributed by atoms with Crippen LogP contribution in [0, 0.1) is 0 Å². The molecule has 1 amide bonds. The van der Waals surface area contributed by atoms with E-state index in [1.54, 1.807) is 12.2 Å². The smallest absolute Gasteiger partial charge is 0.490 e. The number of hydrogen-bond acceptors (Lipinski definition) is 4. The molecule has 2 N–H and O–H groups in total. The van der Waals surface area contributed by atoms with Crippen molar-refractivity contribution in [1.82, 2.24) is 4.90 Å². The predicted octanol–water partition coefficient (Wildman–Crippen LogP) is 5.95. The molecular formula is C24H24BrF3N2O4. The summed E-state index contributed by atoms with van der Waals surface area (Å²) >= 11 is 3.46. The lowest BCUT2D eigenvalue weighted by atomic mass is 9.91. The lowest BCUT2D eigenvalue weighted by Gasteiger charge is -2.14. The lowest BCUT2D eigenvalue weighted by molar-refractivity contribution is -0.192. The minimum atomic E-state index is -5.08. The van der Waals surface area contributed by atoms with Crippen LogP contribution in [0.3, 0.4) is 0 Å². The van der Waals surface area contributed by atoms with Crippen LogP contribution < -0.4 is 10.1 Å². The highest BCUT2D eigenvalue weighted by Gasteiger charge is 2.41. The number of carbonyl (C=O) groups is 2. The zero-order valence-corrected chi connectivity index (χ0v) is 20.1. The van der Waals surface area contributed by atoms with Gasteiger partial charge in [-0.25, -0.2) is 4.79 Å². The SMILES string of the molecule is CCOc1ccc(Br)cc1/C=C/C(=O)Nc1ccc2c(c1)C1CCC2N1C.O=C(O)C(F)(F)F. The van der Waals surface area contributed by atoms with Gasteiger partial charge in [0.1, 0.15) is 5.75 Å². The summed E-state index contributed by atoms with van der Waals surface area (Å²) in [5.74, 6) is -2.14. The van der Waals surface area contributed by atoms with Crippen LogP contribution in [0.5, 0.6) is 5.75 Å². The normalized spacial score (nSPS) is 18.9. The Hall–Kier alpha value is -2.85. The van der Waals surface area contributed by atoms with Crippen molar-refractivity contribution >= 4 is 39.6 Å². The van der Waals surface area contributed by atoms with Crippen molar-refractivity contribution in [3.05, 3.63) is 63.6 Å². The van der Waals surface area contributed by atoms with Crippen molar-refractivity contribution in [1.29, 1.82) is 0 Å². The number of fused-ring (bicyclic) bond motifs is 5. The summed E-state index contributed by atoms with van der Waals surface area (Å²) in [5.41, 5.74) is 4.50. The third-order valence-corrected chi connectivity index (χ3v) is 6.19. The van der Waals surface area contributed by atoms with E-state index in [9.17, 15) is 18.0 Å². The molecular weight excluding hydrogens is 517 g/mol. The zero-order chi connectivity index (χ0) is 25.0. The molecule has 1 fully saturated rings. The number of rotatable bonds is 5. The summed E-state index contributed by atoms with van der Waals surface area (Å²) in [6, 6.07) is 13.1. The Bertz CT molecular complexity index is 1100. The molecule has 2 atom stereocenters. The first-order valence-corrected chi connectivity index (χ1v) is 11.4. The maximum atomic E-state index is 12.4. The molecule has 6 nitrogen and oxygen atoms in total. The van der Waals surface area contributed by atoms with Crippen molar-refractivity contribution in [3.8, 4) is 5.75 Å². The summed E-state index contributed by atoms with van der Waals surface area (Å²) in [4.78, 5) is 23.7. The van der Waals surface area contributed by atoms with Gasteiger partial charge in [0.05, 0.1) is 6.61 Å². The third-order valence-electron chi connectivity index (χ3n) is 5.70. The molecule has 0 aromatic heterocycles. The van der Waals surface area contributed by atoms with E-state index in [4.69, 9.17) is 14.6 Å². The van der Waals surface area contributed by atoms with E-state index in [-0.39, 0.29) is 5.91 Å². The van der Waals surface area contributed by atoms with Crippen molar-refractivity contribution in [2.24, 2.45) is 0 Å². The molecule has 2 unspecified atom stereocenters. The fourth-order valence-corrected chi connectivity index (χ4v) is 4.60. The van der Waals surface area contributed by atoms with E-state index in [1.807, 2.05) is 31.2 Å². The molecule has 0 radical (unpaired) electrons. The van der Waals surface area contributed by atoms with E-state index in [0.717, 1.165) is 21.5 Å². The summed E-state index contributed by atoms with van der Waals surface area (Å²) < 4.78 is 38.3. The number of ether oxygens (including phenoxy) is 1. The number of halogens is 4. The average Bonchev–Trinajstić information content (AvgIpc) is 3.26. The highest BCUT2D eigenvalue weighted by atomic mass is 79.9. The van der Waals surface area contributed by atoms with Gasteiger partial charge < -0.3 is 15.2 Å². The van der Waals surface area contributed by atoms with Crippen LogP contribution in [0.2, 0.25) is 0 Å². The molecule has 2 aromatic rings. The van der Waals surface area contributed by atoms with Gasteiger partial charge in [-0.1, -0.05) is 22.0 Å². The number of carboxylic acids is 1. The highest BCUT2D eigenvalue weighted by molar-refractivity contribution is 9.10. The standard InChI is InChI=1S/C22H23BrN2O2.C2HF3O2/c1-3-27-21-10-5-15(23)12-14(21)4-11-22(26)24-16-6-7-17-18(13-16)20-9-8-19(17)25(20)2;3-2(4,5)1(6)7/h4-7,10-13,19-20H,3,8-9H2,1-2H3,(H,24,26);(H,6,7)/b11-4+;. The molecule has 2 heterocycles. The van der Waals surface area contributed by atoms with Crippen molar-refractivity contribution < 1.29 is 32.6 Å². The number of benzene rings is 2. The van der Waals surface area contributed by atoms with E-state index in [1.165, 1.54) is 24.0 Å². The van der Waals surface area contributed by atoms with Gasteiger partial charge in [0, 0.05) is 33.9 Å². The van der Waals surface area contributed by atoms with Gasteiger partial charge in [0.2, 0.25) is 5.91 Å². The maximum absolute atomic E-state index is 12.4. The molecule has 34 heavy (non-hydrogen) atoms. The minimum Gasteiger partial charge on any atom is -0.493 e. The van der Waals surface area contributed by atoms with E-state index in [0.29, 0.717) is 18.7 Å². The fourth-order valence-electron chi connectivity index (χ4n) is 4.22. The van der Waals surface area contributed by atoms with Crippen molar-refractivity contribution in [3.63, 3.8) is 0 Å². The van der Waals surface area contributed by atoms with E-state index in [2.05, 4.69) is 45.3 Å². The summed E-state index contributed by atoms with van der Waals surface area (Å²) in [7, 11) is 2.19. The Labute approximate surface area is 203 Å². The average molecular weight is 541 g/mol. The molecule has 0 saturated carbocycles. The quantitative estimate of drug-likeness (QED) is 0.458. The topological polar surface area (TPSA) is 78.9 Å². The van der Waals surface area contributed by atoms with Crippen LogP contribution in [0.4, 0.5) is 18.9 Å². The molecule has 0 spiro atoms. The summed E-state index contributed by atoms with van der Waals surface area (Å²) in [6.45, 7) is 2.53. The molecule has 182 valence electrons. The Morgan fingerprint density at radius 1 is 1.18 bits per heavy atom. The molecule has 0 aliphatic carbocycles. The number of nitrogens with one attached hydrogen (secondary N) is 1. The van der Waals surface area contributed by atoms with Gasteiger partial charge in [-0.05, 0) is 74.3 Å². The van der Waals surface area contributed by atoms with Crippen LogP contribution in [-0.2, 0) is 9.59 Å². The number of alkyl halides is 3. The number of aliphatic carboxylic acids is 1. The van der Waals surface area contributed by atoms with Crippen LogP contribution >= 0.6 is 15.9 Å². The van der Waals surface area contributed by atoms with Gasteiger partial charge in [0.15, 0.2) is 0 Å². The van der Waals surface area contributed by atoms with Crippen LogP contribution in [0.15, 0.2) is 46.9 Å². The maximum Gasteiger partial charge on any atom is 0.490 e. The Morgan fingerprint density at radius 2 is 1.82 bits per heavy atom. The minimum absolute atomic E-state index is 0.145. The first-order valence-electron chi connectivity index (χ1n) is 10.6. The second kappa shape index (κ2) is 10.6. The van der Waals surface area contributed by atoms with Gasteiger partial charge in [-0.15, -0.1) is 0 Å². The first kappa shape index (κ1) is 25.8. The molecule has 10 heteroatoms. The number of carboxylic acid groups (broad SMARTS) is 1. The number of amides is 1. The third kappa shape index (κ3) is 5.98. The lowest BCUT2D eigenvalue weighted by Crippen LogP contribution is -2.21. The van der Waals surface area contributed by atoms with Crippen molar-refractivity contribution in [2.45, 2.75) is 38.0 Å². The van der Waals surface area contributed by atoms with Gasteiger partial charge in [-0.2, -0.15) is 13.2 Å². The van der Waals surface area contributed by atoms with Gasteiger partial charge in [0.25, 0.3) is 0 Å². The van der Waals surface area contributed by atoms with Gasteiger partial charge >= 0.3 is 12.1 Å². The molecule has 2 aromatic carbocycles.